The predicted octanol–water partition coefficient (Wildman–Crippen LogP) is 2.77. The fourth-order valence-electron chi connectivity index (χ4n) is 1.96. The number of hydrazine groups is 1. The maximum Gasteiger partial charge on any atom is 0.288 e. The number of pyridine rings is 1. The van der Waals surface area contributed by atoms with E-state index in [1.165, 1.54) is 17.4 Å². The van der Waals surface area contributed by atoms with E-state index in [0.29, 0.717) is 0 Å². The van der Waals surface area contributed by atoms with Crippen molar-refractivity contribution in [2.45, 2.75) is 0 Å². The summed E-state index contributed by atoms with van der Waals surface area (Å²) in [7, 11) is 0. The summed E-state index contributed by atoms with van der Waals surface area (Å²) in [6.45, 7) is 0. The van der Waals surface area contributed by atoms with Crippen LogP contribution in [0.1, 0.15) is 15.4 Å². The Bertz CT molecular complexity index is 872. The van der Waals surface area contributed by atoms with E-state index in [1.807, 2.05) is 47.8 Å². The summed E-state index contributed by atoms with van der Waals surface area (Å²) in [5.41, 5.74) is 5.64. The fourth-order valence-corrected chi connectivity index (χ4v) is 2.58. The Balaban J connectivity index is 1.60. The van der Waals surface area contributed by atoms with Crippen LogP contribution in [0.4, 0.5) is 0 Å². The summed E-state index contributed by atoms with van der Waals surface area (Å²) in [6, 6.07) is 14.7. The van der Waals surface area contributed by atoms with Crippen molar-refractivity contribution in [3.63, 3.8) is 0 Å². The molecule has 0 unspecified atom stereocenters. The third-order valence-electron chi connectivity index (χ3n) is 3.07. The number of hydrogen-bond acceptors (Lipinski definition) is 4. The zero-order valence-corrected chi connectivity index (χ0v) is 12.8. The number of thiophene rings is 1. The molecule has 0 bridgehead atoms. The molecular weight excluding hydrogens is 310 g/mol. The van der Waals surface area contributed by atoms with Crippen LogP contribution in [0.15, 0.2) is 60.0 Å². The molecule has 2 N–H and O–H groups in total. The Morgan fingerprint density at radius 2 is 1.87 bits per heavy atom. The molecule has 114 valence electrons. The van der Waals surface area contributed by atoms with Crippen LogP contribution in [0.2, 0.25) is 0 Å². The van der Waals surface area contributed by atoms with E-state index in [2.05, 4.69) is 15.8 Å². The molecule has 0 aliphatic heterocycles. The SMILES string of the molecule is O=C(/C=C/c1cccs1)NNC(=O)c1ccc2ccccc2n1. The standard InChI is InChI=1S/C17H13N3O2S/c21-16(10-8-13-5-3-11-23-13)19-20-17(22)15-9-7-12-4-1-2-6-14(12)18-15/h1-11H,(H,19,21)(H,20,22)/b10-8+. The van der Waals surface area contributed by atoms with Gasteiger partial charge in [0, 0.05) is 16.3 Å². The maximum atomic E-state index is 12.0. The van der Waals surface area contributed by atoms with Gasteiger partial charge in [-0.3, -0.25) is 20.4 Å². The van der Waals surface area contributed by atoms with Crippen LogP contribution in [-0.4, -0.2) is 16.8 Å². The molecule has 0 aliphatic rings. The van der Waals surface area contributed by atoms with Crippen molar-refractivity contribution in [3.05, 3.63) is 70.6 Å². The molecule has 3 aromatic rings. The van der Waals surface area contributed by atoms with E-state index in [9.17, 15) is 9.59 Å². The average Bonchev–Trinajstić information content (AvgIpc) is 3.11. The van der Waals surface area contributed by atoms with Gasteiger partial charge in [0.15, 0.2) is 0 Å². The molecule has 2 heterocycles. The molecule has 0 spiro atoms. The highest BCUT2D eigenvalue weighted by Gasteiger charge is 2.08. The summed E-state index contributed by atoms with van der Waals surface area (Å²) in [5, 5.41) is 2.87. The second-order valence-corrected chi connectivity index (χ2v) is 5.66. The smallest absolute Gasteiger partial charge is 0.268 e. The van der Waals surface area contributed by atoms with Gasteiger partial charge in [0.2, 0.25) is 0 Å². The van der Waals surface area contributed by atoms with Gasteiger partial charge in [-0.05, 0) is 29.7 Å². The van der Waals surface area contributed by atoms with E-state index < -0.39 is 11.8 Å². The number of para-hydroxylation sites is 1. The number of fused-ring (bicyclic) bond motifs is 1. The maximum absolute atomic E-state index is 12.0. The number of amides is 2. The number of carbonyl (C=O) groups excluding carboxylic acids is 2. The van der Waals surface area contributed by atoms with Crippen molar-refractivity contribution in [2.75, 3.05) is 0 Å². The van der Waals surface area contributed by atoms with Gasteiger partial charge in [0.25, 0.3) is 11.8 Å². The molecular formula is C17H13N3O2S. The lowest BCUT2D eigenvalue weighted by Gasteiger charge is -2.05. The number of benzene rings is 1. The van der Waals surface area contributed by atoms with E-state index >= 15 is 0 Å². The van der Waals surface area contributed by atoms with Gasteiger partial charge in [-0.1, -0.05) is 30.3 Å². The van der Waals surface area contributed by atoms with Crippen LogP contribution in [-0.2, 0) is 4.79 Å². The van der Waals surface area contributed by atoms with E-state index in [0.717, 1.165) is 15.8 Å². The third-order valence-corrected chi connectivity index (χ3v) is 3.91. The molecule has 0 atom stereocenters. The first kappa shape index (κ1) is 14.9. The number of aromatic nitrogens is 1. The van der Waals surface area contributed by atoms with E-state index in [4.69, 9.17) is 0 Å². The number of hydrogen-bond donors (Lipinski definition) is 2. The average molecular weight is 323 g/mol. The minimum atomic E-state index is -0.464. The van der Waals surface area contributed by atoms with Gasteiger partial charge in [-0.15, -0.1) is 11.3 Å². The van der Waals surface area contributed by atoms with Crippen LogP contribution >= 0.6 is 11.3 Å². The topological polar surface area (TPSA) is 71.1 Å². The van der Waals surface area contributed by atoms with E-state index in [-0.39, 0.29) is 5.69 Å². The lowest BCUT2D eigenvalue weighted by atomic mass is 10.2. The minimum Gasteiger partial charge on any atom is -0.268 e. The van der Waals surface area contributed by atoms with Crippen molar-refractivity contribution in [1.82, 2.24) is 15.8 Å². The Hall–Kier alpha value is -2.99. The van der Waals surface area contributed by atoms with Crippen molar-refractivity contribution < 1.29 is 9.59 Å². The summed E-state index contributed by atoms with van der Waals surface area (Å²) >= 11 is 1.52. The quantitative estimate of drug-likeness (QED) is 0.575. The predicted molar refractivity (Wildman–Crippen MR) is 90.7 cm³/mol. The first-order chi connectivity index (χ1) is 11.2. The summed E-state index contributed by atoms with van der Waals surface area (Å²) in [6.07, 6.45) is 3.04. The summed E-state index contributed by atoms with van der Waals surface area (Å²) in [4.78, 5) is 28.9. The monoisotopic (exact) mass is 323 g/mol. The van der Waals surface area contributed by atoms with Crippen LogP contribution < -0.4 is 10.9 Å². The molecule has 5 nitrogen and oxygen atoms in total. The summed E-state index contributed by atoms with van der Waals surface area (Å²) in [5.74, 6) is -0.874. The molecule has 6 heteroatoms. The molecule has 0 radical (unpaired) electrons. The van der Waals surface area contributed by atoms with Crippen molar-refractivity contribution in [1.29, 1.82) is 0 Å². The lowest BCUT2D eigenvalue weighted by molar-refractivity contribution is -0.117. The highest BCUT2D eigenvalue weighted by atomic mass is 32.1. The third kappa shape index (κ3) is 3.81. The van der Waals surface area contributed by atoms with Crippen molar-refractivity contribution >= 4 is 40.1 Å². The number of nitrogens with zero attached hydrogens (tertiary/aromatic N) is 1. The first-order valence-electron chi connectivity index (χ1n) is 6.90. The molecule has 23 heavy (non-hydrogen) atoms. The van der Waals surface area contributed by atoms with Gasteiger partial charge >= 0.3 is 0 Å². The van der Waals surface area contributed by atoms with Gasteiger partial charge < -0.3 is 0 Å². The van der Waals surface area contributed by atoms with Gasteiger partial charge in [0.1, 0.15) is 5.69 Å². The molecule has 2 amide bonds. The van der Waals surface area contributed by atoms with Crippen LogP contribution in [0, 0.1) is 0 Å². The van der Waals surface area contributed by atoms with E-state index in [1.54, 1.807) is 12.1 Å². The number of nitrogens with one attached hydrogen (secondary N) is 2. The molecule has 0 aliphatic carbocycles. The second-order valence-electron chi connectivity index (χ2n) is 4.68. The molecule has 3 rings (SSSR count). The minimum absolute atomic E-state index is 0.242. The van der Waals surface area contributed by atoms with Crippen LogP contribution in [0.25, 0.3) is 17.0 Å². The van der Waals surface area contributed by atoms with Crippen LogP contribution in [0.3, 0.4) is 0 Å². The van der Waals surface area contributed by atoms with Crippen molar-refractivity contribution in [3.8, 4) is 0 Å². The van der Waals surface area contributed by atoms with Crippen molar-refractivity contribution in [2.24, 2.45) is 0 Å². The second kappa shape index (κ2) is 6.85. The van der Waals surface area contributed by atoms with Gasteiger partial charge in [-0.25, -0.2) is 4.98 Å². The highest BCUT2D eigenvalue weighted by Crippen LogP contribution is 2.11. The van der Waals surface area contributed by atoms with Gasteiger partial charge in [0.05, 0.1) is 5.52 Å². The molecule has 0 saturated heterocycles. The molecule has 0 fully saturated rings. The highest BCUT2D eigenvalue weighted by molar-refractivity contribution is 7.10. The normalized spacial score (nSPS) is 10.8. The van der Waals surface area contributed by atoms with Gasteiger partial charge in [-0.2, -0.15) is 0 Å². The Morgan fingerprint density at radius 3 is 2.70 bits per heavy atom. The Kier molecular flexibility index (Phi) is 4.44. The Morgan fingerprint density at radius 1 is 1.00 bits per heavy atom. The zero-order chi connectivity index (χ0) is 16.1. The summed E-state index contributed by atoms with van der Waals surface area (Å²) < 4.78 is 0. The first-order valence-corrected chi connectivity index (χ1v) is 7.78. The Labute approximate surface area is 136 Å². The number of rotatable bonds is 3. The zero-order valence-electron chi connectivity index (χ0n) is 12.0. The van der Waals surface area contributed by atoms with Crippen LogP contribution in [0.5, 0.6) is 0 Å². The molecule has 1 aromatic carbocycles. The number of carbonyl (C=O) groups is 2. The largest absolute Gasteiger partial charge is 0.288 e. The lowest BCUT2D eigenvalue weighted by Crippen LogP contribution is -2.41. The molecule has 0 saturated carbocycles. The fraction of sp³-hybridized carbons (Fsp3) is 0. The molecule has 2 aromatic heterocycles.